The zero-order chi connectivity index (χ0) is 16.9. The van der Waals surface area contributed by atoms with Crippen molar-refractivity contribution in [2.75, 3.05) is 13.2 Å². The van der Waals surface area contributed by atoms with Gasteiger partial charge in [-0.3, -0.25) is 0 Å². The standard InChI is InChI=1S/C18H18N2O3S/c1-3-22-16-8-7-13(10-17(16)23-4-2)18-14(6-5-9-20(18)21)15-11-24-12-19-15/h5-12H,3-4H2,1-2H3. The van der Waals surface area contributed by atoms with Gasteiger partial charge in [0.05, 0.1) is 35.5 Å². The zero-order valence-corrected chi connectivity index (χ0v) is 14.4. The monoisotopic (exact) mass is 342 g/mol. The number of rotatable bonds is 6. The quantitative estimate of drug-likeness (QED) is 0.503. The summed E-state index contributed by atoms with van der Waals surface area (Å²) in [7, 11) is 0. The van der Waals surface area contributed by atoms with Crippen molar-refractivity contribution in [3.05, 3.63) is 52.6 Å². The number of thiazole rings is 1. The number of hydrogen-bond acceptors (Lipinski definition) is 5. The minimum atomic E-state index is 0.522. The lowest BCUT2D eigenvalue weighted by molar-refractivity contribution is -0.593. The number of ether oxygens (including phenoxy) is 2. The van der Waals surface area contributed by atoms with Crippen molar-refractivity contribution in [2.45, 2.75) is 13.8 Å². The summed E-state index contributed by atoms with van der Waals surface area (Å²) in [5, 5.41) is 14.4. The van der Waals surface area contributed by atoms with Crippen molar-refractivity contribution in [1.82, 2.24) is 4.98 Å². The molecular weight excluding hydrogens is 324 g/mol. The number of pyridine rings is 1. The third-order valence-corrected chi connectivity index (χ3v) is 4.07. The summed E-state index contributed by atoms with van der Waals surface area (Å²) in [4.78, 5) is 4.33. The second-order valence-electron chi connectivity index (χ2n) is 5.00. The van der Waals surface area contributed by atoms with E-state index in [1.54, 1.807) is 11.6 Å². The first-order valence-electron chi connectivity index (χ1n) is 7.75. The van der Waals surface area contributed by atoms with Gasteiger partial charge in [-0.2, -0.15) is 4.73 Å². The van der Waals surface area contributed by atoms with Crippen LogP contribution in [0.15, 0.2) is 47.4 Å². The molecule has 2 heterocycles. The molecule has 0 fully saturated rings. The van der Waals surface area contributed by atoms with E-state index in [2.05, 4.69) is 4.98 Å². The van der Waals surface area contributed by atoms with E-state index < -0.39 is 0 Å². The van der Waals surface area contributed by atoms with E-state index in [1.165, 1.54) is 17.5 Å². The number of hydrogen-bond donors (Lipinski definition) is 0. The first-order valence-corrected chi connectivity index (χ1v) is 8.69. The molecule has 6 heteroatoms. The summed E-state index contributed by atoms with van der Waals surface area (Å²) >= 11 is 1.50. The third-order valence-electron chi connectivity index (χ3n) is 3.48. The highest BCUT2D eigenvalue weighted by molar-refractivity contribution is 7.07. The lowest BCUT2D eigenvalue weighted by atomic mass is 10.0. The summed E-state index contributed by atoms with van der Waals surface area (Å²) in [6.45, 7) is 4.91. The van der Waals surface area contributed by atoms with Gasteiger partial charge in [0.1, 0.15) is 0 Å². The highest BCUT2D eigenvalue weighted by atomic mass is 32.1. The molecule has 0 saturated heterocycles. The van der Waals surface area contributed by atoms with Crippen LogP contribution in [0.2, 0.25) is 0 Å². The Bertz CT molecular complexity index is 819. The van der Waals surface area contributed by atoms with Gasteiger partial charge in [-0.05, 0) is 38.1 Å². The van der Waals surface area contributed by atoms with Crippen LogP contribution in [0.3, 0.4) is 0 Å². The Hall–Kier alpha value is -2.60. The Morgan fingerprint density at radius 3 is 2.62 bits per heavy atom. The van der Waals surface area contributed by atoms with E-state index in [9.17, 15) is 5.21 Å². The molecule has 2 aromatic heterocycles. The van der Waals surface area contributed by atoms with Gasteiger partial charge in [-0.1, -0.05) is 0 Å². The Morgan fingerprint density at radius 1 is 1.12 bits per heavy atom. The fraction of sp³-hybridized carbons (Fsp3) is 0.222. The van der Waals surface area contributed by atoms with Crippen LogP contribution in [0.25, 0.3) is 22.5 Å². The molecule has 3 aromatic rings. The van der Waals surface area contributed by atoms with Gasteiger partial charge < -0.3 is 14.7 Å². The normalized spacial score (nSPS) is 10.6. The molecule has 0 bridgehead atoms. The van der Waals surface area contributed by atoms with Crippen molar-refractivity contribution >= 4 is 11.3 Å². The average Bonchev–Trinajstić information content (AvgIpc) is 3.11. The van der Waals surface area contributed by atoms with Crippen LogP contribution in [0.4, 0.5) is 0 Å². The van der Waals surface area contributed by atoms with Crippen LogP contribution >= 0.6 is 11.3 Å². The van der Waals surface area contributed by atoms with E-state index in [4.69, 9.17) is 9.47 Å². The second kappa shape index (κ2) is 7.31. The highest BCUT2D eigenvalue weighted by Gasteiger charge is 2.19. The molecule has 0 unspecified atom stereocenters. The molecular formula is C18H18N2O3S. The van der Waals surface area contributed by atoms with Crippen LogP contribution in [-0.4, -0.2) is 18.2 Å². The Balaban J connectivity index is 2.14. The lowest BCUT2D eigenvalue weighted by Gasteiger charge is -2.13. The van der Waals surface area contributed by atoms with Crippen molar-refractivity contribution in [2.24, 2.45) is 0 Å². The lowest BCUT2D eigenvalue weighted by Crippen LogP contribution is -2.29. The molecule has 0 spiro atoms. The van der Waals surface area contributed by atoms with Gasteiger partial charge in [-0.25, -0.2) is 4.98 Å². The number of benzene rings is 1. The molecule has 0 radical (unpaired) electrons. The predicted octanol–water partition coefficient (Wildman–Crippen LogP) is 3.91. The Kier molecular flexibility index (Phi) is 4.96. The zero-order valence-electron chi connectivity index (χ0n) is 13.6. The van der Waals surface area contributed by atoms with E-state index in [1.807, 2.05) is 43.5 Å². The van der Waals surface area contributed by atoms with E-state index in [0.29, 0.717) is 30.4 Å². The fourth-order valence-electron chi connectivity index (χ4n) is 2.52. The molecule has 0 atom stereocenters. The Labute approximate surface area is 144 Å². The molecule has 0 N–H and O–H groups in total. The van der Waals surface area contributed by atoms with Gasteiger partial charge in [0.25, 0.3) is 0 Å². The summed E-state index contributed by atoms with van der Waals surface area (Å²) in [5.41, 5.74) is 4.64. The molecule has 3 rings (SSSR count). The largest absolute Gasteiger partial charge is 0.618 e. The first-order chi connectivity index (χ1) is 11.7. The van der Waals surface area contributed by atoms with Crippen LogP contribution in [-0.2, 0) is 0 Å². The van der Waals surface area contributed by atoms with Crippen molar-refractivity contribution in [3.8, 4) is 34.0 Å². The molecule has 0 aliphatic rings. The predicted molar refractivity (Wildman–Crippen MR) is 94.3 cm³/mol. The summed E-state index contributed by atoms with van der Waals surface area (Å²) in [5.74, 6) is 1.30. The Morgan fingerprint density at radius 2 is 1.92 bits per heavy atom. The molecule has 0 aliphatic carbocycles. The maximum Gasteiger partial charge on any atom is 0.233 e. The average molecular weight is 342 g/mol. The van der Waals surface area contributed by atoms with Gasteiger partial charge in [0.15, 0.2) is 17.7 Å². The molecule has 0 saturated carbocycles. The van der Waals surface area contributed by atoms with Crippen molar-refractivity contribution in [3.63, 3.8) is 0 Å². The van der Waals surface area contributed by atoms with Gasteiger partial charge in [0, 0.05) is 11.4 Å². The van der Waals surface area contributed by atoms with Crippen LogP contribution in [0.1, 0.15) is 13.8 Å². The minimum absolute atomic E-state index is 0.522. The van der Waals surface area contributed by atoms with Crippen LogP contribution < -0.4 is 14.2 Å². The summed E-state index contributed by atoms with van der Waals surface area (Å²) in [6, 6.07) is 9.17. The molecule has 0 aliphatic heterocycles. The summed E-state index contributed by atoms with van der Waals surface area (Å²) in [6.07, 6.45) is 1.49. The van der Waals surface area contributed by atoms with Crippen molar-refractivity contribution in [1.29, 1.82) is 0 Å². The van der Waals surface area contributed by atoms with Crippen LogP contribution in [0.5, 0.6) is 11.5 Å². The maximum absolute atomic E-state index is 12.4. The second-order valence-corrected chi connectivity index (χ2v) is 5.72. The smallest absolute Gasteiger partial charge is 0.233 e. The third kappa shape index (κ3) is 3.19. The molecule has 124 valence electrons. The van der Waals surface area contributed by atoms with Gasteiger partial charge in [0.2, 0.25) is 5.69 Å². The van der Waals surface area contributed by atoms with E-state index >= 15 is 0 Å². The van der Waals surface area contributed by atoms with Crippen molar-refractivity contribution < 1.29 is 14.2 Å². The first kappa shape index (κ1) is 16.3. The fourth-order valence-corrected chi connectivity index (χ4v) is 3.08. The molecule has 1 aromatic carbocycles. The topological polar surface area (TPSA) is 58.3 Å². The van der Waals surface area contributed by atoms with Gasteiger partial charge in [-0.15, -0.1) is 11.3 Å². The number of nitrogens with zero attached hydrogens (tertiary/aromatic N) is 2. The summed E-state index contributed by atoms with van der Waals surface area (Å²) < 4.78 is 12.1. The maximum atomic E-state index is 12.4. The van der Waals surface area contributed by atoms with E-state index in [0.717, 1.165) is 21.6 Å². The molecule has 0 amide bonds. The van der Waals surface area contributed by atoms with Gasteiger partial charge >= 0.3 is 0 Å². The minimum Gasteiger partial charge on any atom is -0.618 e. The number of aromatic nitrogens is 2. The highest BCUT2D eigenvalue weighted by Crippen LogP contribution is 2.35. The molecule has 24 heavy (non-hydrogen) atoms. The van der Waals surface area contributed by atoms with Crippen LogP contribution in [0, 0.1) is 5.21 Å². The van der Waals surface area contributed by atoms with E-state index in [-0.39, 0.29) is 0 Å². The molecule has 5 nitrogen and oxygen atoms in total. The SMILES string of the molecule is CCOc1ccc(-c2c(-c3cscn3)ccc[n+]2[O-])cc1OCC.